The van der Waals surface area contributed by atoms with Gasteiger partial charge in [0.25, 0.3) is 12.3 Å². The Kier molecular flexibility index (Phi) is 7.07. The van der Waals surface area contributed by atoms with E-state index in [4.69, 9.17) is 34.3 Å². The summed E-state index contributed by atoms with van der Waals surface area (Å²) in [6.07, 6.45) is -2.76. The summed E-state index contributed by atoms with van der Waals surface area (Å²) < 4.78 is 26.1. The monoisotopic (exact) mass is 447 g/mol. The maximum atomic E-state index is 13.0. The highest BCUT2D eigenvalue weighted by molar-refractivity contribution is 6.42. The van der Waals surface area contributed by atoms with Gasteiger partial charge in [0.2, 0.25) is 0 Å². The largest absolute Gasteiger partial charge is 0.384 e. The number of piperazine rings is 1. The van der Waals surface area contributed by atoms with Crippen molar-refractivity contribution >= 4 is 40.9 Å². The van der Waals surface area contributed by atoms with Gasteiger partial charge in [0.15, 0.2) is 0 Å². The summed E-state index contributed by atoms with van der Waals surface area (Å²) in [4.78, 5) is 25.7. The molecule has 0 radical (unpaired) electrons. The molecule has 29 heavy (non-hydrogen) atoms. The Bertz CT molecular complexity index is 874. The molecule has 7 nitrogen and oxygen atoms in total. The summed E-state index contributed by atoms with van der Waals surface area (Å²) in [5, 5.41) is 14.1. The van der Waals surface area contributed by atoms with Gasteiger partial charge < -0.3 is 21.3 Å². The number of benzene rings is 1. The van der Waals surface area contributed by atoms with Gasteiger partial charge in [0.05, 0.1) is 33.4 Å². The maximum Gasteiger partial charge on any atom is 0.318 e. The zero-order chi connectivity index (χ0) is 21.9. The van der Waals surface area contributed by atoms with E-state index < -0.39 is 23.9 Å². The fraction of sp³-hybridized carbons (Fsp3) is 0.389. The molecule has 1 fully saturated rings. The van der Waals surface area contributed by atoms with E-state index >= 15 is 0 Å². The summed E-state index contributed by atoms with van der Waals surface area (Å²) in [5.74, 6) is -0.876. The third kappa shape index (κ3) is 5.36. The summed E-state index contributed by atoms with van der Waals surface area (Å²) in [7, 11) is 0. The highest BCUT2D eigenvalue weighted by Crippen LogP contribution is 2.25. The van der Waals surface area contributed by atoms with Gasteiger partial charge in [-0.1, -0.05) is 29.3 Å². The summed E-state index contributed by atoms with van der Waals surface area (Å²) in [5.41, 5.74) is 3.98. The normalized spacial score (nSPS) is 16.3. The molecule has 1 aromatic rings. The molecule has 0 bridgehead atoms. The van der Waals surface area contributed by atoms with Crippen molar-refractivity contribution in [2.24, 2.45) is 5.73 Å². The van der Waals surface area contributed by atoms with Crippen LogP contribution in [0.5, 0.6) is 0 Å². The number of urea groups is 1. The van der Waals surface area contributed by atoms with E-state index in [2.05, 4.69) is 10.6 Å². The average molecular weight is 448 g/mol. The molecule has 0 unspecified atom stereocenters. The standard InChI is InChI=1S/C18H21Cl2F2N5O2/c1-18(2,16(21)22)26-17(29)27-6-5-25-12(8-27)13(15(24)28)14(23)9-3-4-10(19)11(20)7-9/h3-4,7,16,23,25H,5-6,8H2,1-2H3,(H2,24,28)(H,26,29)/b13-12+,23-14?. The zero-order valence-corrected chi connectivity index (χ0v) is 17.3. The Morgan fingerprint density at radius 2 is 1.97 bits per heavy atom. The lowest BCUT2D eigenvalue weighted by Gasteiger charge is -2.34. The minimum absolute atomic E-state index is 0.104. The molecular formula is C18H21Cl2F2N5O2. The summed E-state index contributed by atoms with van der Waals surface area (Å²) in [6, 6.07) is 3.71. The van der Waals surface area contributed by atoms with Crippen LogP contribution in [0.1, 0.15) is 19.4 Å². The number of halogens is 4. The Balaban J connectivity index is 2.31. The lowest BCUT2D eigenvalue weighted by atomic mass is 9.99. The number of primary amides is 1. The highest BCUT2D eigenvalue weighted by Gasteiger charge is 2.34. The molecule has 0 aliphatic carbocycles. The van der Waals surface area contributed by atoms with E-state index in [9.17, 15) is 18.4 Å². The number of nitrogens with zero attached hydrogens (tertiary/aromatic N) is 1. The van der Waals surface area contributed by atoms with Gasteiger partial charge in [-0.15, -0.1) is 0 Å². The van der Waals surface area contributed by atoms with Crippen molar-refractivity contribution in [3.8, 4) is 0 Å². The van der Waals surface area contributed by atoms with Crippen LogP contribution in [0, 0.1) is 5.41 Å². The fourth-order valence-corrected chi connectivity index (χ4v) is 2.93. The van der Waals surface area contributed by atoms with Crippen LogP contribution in [0.4, 0.5) is 13.6 Å². The molecule has 5 N–H and O–H groups in total. The molecule has 0 atom stereocenters. The first-order valence-electron chi connectivity index (χ1n) is 8.60. The van der Waals surface area contributed by atoms with Crippen LogP contribution >= 0.6 is 23.2 Å². The van der Waals surface area contributed by atoms with E-state index in [1.807, 2.05) is 0 Å². The fourth-order valence-electron chi connectivity index (χ4n) is 2.64. The number of amides is 3. The molecule has 1 aliphatic heterocycles. The number of hydrogen-bond donors (Lipinski definition) is 4. The Labute approximate surface area is 176 Å². The van der Waals surface area contributed by atoms with E-state index in [0.717, 1.165) is 0 Å². The first kappa shape index (κ1) is 22.9. The molecule has 0 spiro atoms. The van der Waals surface area contributed by atoms with Crippen LogP contribution in [0.3, 0.4) is 0 Å². The average Bonchev–Trinajstić information content (AvgIpc) is 2.63. The van der Waals surface area contributed by atoms with Crippen LogP contribution in [-0.2, 0) is 4.79 Å². The van der Waals surface area contributed by atoms with E-state index in [1.165, 1.54) is 36.9 Å². The molecule has 0 saturated carbocycles. The Morgan fingerprint density at radius 3 is 2.52 bits per heavy atom. The summed E-state index contributed by atoms with van der Waals surface area (Å²) in [6.45, 7) is 2.80. The minimum Gasteiger partial charge on any atom is -0.384 e. The number of nitrogens with two attached hydrogens (primary N) is 1. The molecule has 1 saturated heterocycles. The first-order chi connectivity index (χ1) is 13.4. The molecule has 2 rings (SSSR count). The minimum atomic E-state index is -2.76. The predicted molar refractivity (Wildman–Crippen MR) is 108 cm³/mol. The van der Waals surface area contributed by atoms with Crippen molar-refractivity contribution in [1.29, 1.82) is 5.41 Å². The van der Waals surface area contributed by atoms with Crippen molar-refractivity contribution in [3.05, 3.63) is 45.1 Å². The van der Waals surface area contributed by atoms with Crippen molar-refractivity contribution in [3.63, 3.8) is 0 Å². The van der Waals surface area contributed by atoms with Crippen LogP contribution < -0.4 is 16.4 Å². The SMILES string of the molecule is CC(C)(NC(=O)N1CCN/C(=C(\C(=N)c2ccc(Cl)c(Cl)c2)C(N)=O)C1)C(F)F. The predicted octanol–water partition coefficient (Wildman–Crippen LogP) is 2.76. The molecular weight excluding hydrogens is 427 g/mol. The van der Waals surface area contributed by atoms with Crippen molar-refractivity contribution < 1.29 is 18.4 Å². The lowest BCUT2D eigenvalue weighted by Crippen LogP contribution is -2.57. The van der Waals surface area contributed by atoms with E-state index in [1.54, 1.807) is 0 Å². The van der Waals surface area contributed by atoms with Gasteiger partial charge >= 0.3 is 6.03 Å². The second kappa shape index (κ2) is 8.96. The van der Waals surface area contributed by atoms with Gasteiger partial charge in [-0.05, 0) is 26.0 Å². The second-order valence-electron chi connectivity index (χ2n) is 7.02. The Morgan fingerprint density at radius 1 is 1.31 bits per heavy atom. The molecule has 11 heteroatoms. The molecule has 1 aliphatic rings. The van der Waals surface area contributed by atoms with E-state index in [-0.39, 0.29) is 46.7 Å². The van der Waals surface area contributed by atoms with E-state index in [0.29, 0.717) is 5.56 Å². The van der Waals surface area contributed by atoms with Crippen molar-refractivity contribution in [1.82, 2.24) is 15.5 Å². The van der Waals surface area contributed by atoms with Crippen LogP contribution in [0.25, 0.3) is 0 Å². The van der Waals surface area contributed by atoms with Crippen molar-refractivity contribution in [2.75, 3.05) is 19.6 Å². The van der Waals surface area contributed by atoms with Crippen LogP contribution in [0.15, 0.2) is 29.5 Å². The molecule has 158 valence electrons. The van der Waals surface area contributed by atoms with Gasteiger partial charge in [0, 0.05) is 24.4 Å². The molecule has 3 amide bonds. The number of hydrogen-bond acceptors (Lipinski definition) is 4. The van der Waals surface area contributed by atoms with Gasteiger partial charge in [-0.2, -0.15) is 0 Å². The third-order valence-electron chi connectivity index (χ3n) is 4.34. The van der Waals surface area contributed by atoms with Gasteiger partial charge in [-0.25, -0.2) is 13.6 Å². The highest BCUT2D eigenvalue weighted by atomic mass is 35.5. The number of nitrogens with one attached hydrogen (secondary N) is 3. The zero-order valence-electron chi connectivity index (χ0n) is 15.8. The lowest BCUT2D eigenvalue weighted by molar-refractivity contribution is -0.114. The number of carbonyl (C=O) groups is 2. The first-order valence-corrected chi connectivity index (χ1v) is 9.36. The maximum absolute atomic E-state index is 13.0. The topological polar surface area (TPSA) is 111 Å². The van der Waals surface area contributed by atoms with Crippen LogP contribution in [-0.4, -0.2) is 54.1 Å². The smallest absolute Gasteiger partial charge is 0.318 e. The number of alkyl halides is 2. The third-order valence-corrected chi connectivity index (χ3v) is 5.08. The number of rotatable bonds is 5. The Hall–Kier alpha value is -2.39. The quantitative estimate of drug-likeness (QED) is 0.411. The van der Waals surface area contributed by atoms with Gasteiger partial charge in [-0.3, -0.25) is 10.2 Å². The van der Waals surface area contributed by atoms with Crippen LogP contribution in [0.2, 0.25) is 10.0 Å². The molecule has 1 heterocycles. The molecule has 0 aromatic heterocycles. The van der Waals surface area contributed by atoms with Crippen molar-refractivity contribution in [2.45, 2.75) is 25.8 Å². The summed E-state index contributed by atoms with van der Waals surface area (Å²) >= 11 is 11.9. The number of carbonyl (C=O) groups excluding carboxylic acids is 2. The van der Waals surface area contributed by atoms with Gasteiger partial charge in [0.1, 0.15) is 0 Å². The second-order valence-corrected chi connectivity index (χ2v) is 7.84. The molecule has 1 aromatic carbocycles.